The second-order valence-corrected chi connectivity index (χ2v) is 6.99. The van der Waals surface area contributed by atoms with Crippen LogP contribution in [0.5, 0.6) is 0 Å². The van der Waals surface area contributed by atoms with Gasteiger partial charge in [-0.25, -0.2) is 8.42 Å². The maximum absolute atomic E-state index is 12.2. The Morgan fingerprint density at radius 2 is 1.05 bits per heavy atom. The Morgan fingerprint density at radius 1 is 0.714 bits per heavy atom. The summed E-state index contributed by atoms with van der Waals surface area (Å²) in [5.41, 5.74) is 3.55. The van der Waals surface area contributed by atoms with Gasteiger partial charge in [-0.3, -0.25) is 0 Å². The summed E-state index contributed by atoms with van der Waals surface area (Å²) < 4.78 is 24.5. The van der Waals surface area contributed by atoms with Gasteiger partial charge in [-0.1, -0.05) is 24.3 Å². The Labute approximate surface area is 126 Å². The largest absolute Gasteiger partial charge is 0.388 e. The molecule has 0 radical (unpaired) electrons. The van der Waals surface area contributed by atoms with E-state index in [-0.39, 0.29) is 11.5 Å². The van der Waals surface area contributed by atoms with Gasteiger partial charge in [0.15, 0.2) is 9.84 Å². The predicted molar refractivity (Wildman–Crippen MR) is 88.3 cm³/mol. The number of rotatable bonds is 6. The molecule has 2 aromatic rings. The van der Waals surface area contributed by atoms with Crippen LogP contribution in [-0.2, 0) is 21.3 Å². The van der Waals surface area contributed by atoms with Gasteiger partial charge in [0.25, 0.3) is 0 Å². The molecule has 0 atom stereocenters. The molecule has 0 amide bonds. The van der Waals surface area contributed by atoms with Gasteiger partial charge in [0.2, 0.25) is 0 Å². The zero-order valence-electron chi connectivity index (χ0n) is 12.3. The van der Waals surface area contributed by atoms with Gasteiger partial charge in [-0.2, -0.15) is 0 Å². The molecule has 0 aliphatic rings. The van der Waals surface area contributed by atoms with Crippen molar-refractivity contribution in [2.45, 2.75) is 11.5 Å². The second-order valence-electron chi connectivity index (χ2n) is 4.93. The smallest absolute Gasteiger partial charge is 0.158 e. The Morgan fingerprint density at radius 3 is 1.33 bits per heavy atom. The van der Waals surface area contributed by atoms with Crippen molar-refractivity contribution >= 4 is 21.2 Å². The molecule has 2 N–H and O–H groups in total. The topological polar surface area (TPSA) is 58.2 Å². The summed E-state index contributed by atoms with van der Waals surface area (Å²) in [6, 6.07) is 14.9. The van der Waals surface area contributed by atoms with Crippen molar-refractivity contribution < 1.29 is 8.42 Å². The Bertz CT molecular complexity index is 622. The first kappa shape index (κ1) is 15.4. The molecule has 2 rings (SSSR count). The minimum atomic E-state index is -3.17. The van der Waals surface area contributed by atoms with E-state index in [2.05, 4.69) is 10.6 Å². The summed E-state index contributed by atoms with van der Waals surface area (Å²) in [6.45, 7) is 0. The van der Waals surface area contributed by atoms with E-state index >= 15 is 0 Å². The molecule has 21 heavy (non-hydrogen) atoms. The van der Waals surface area contributed by atoms with Gasteiger partial charge in [0, 0.05) is 25.5 Å². The van der Waals surface area contributed by atoms with Crippen LogP contribution in [0.25, 0.3) is 0 Å². The number of anilines is 2. The number of hydrogen-bond acceptors (Lipinski definition) is 4. The van der Waals surface area contributed by atoms with Gasteiger partial charge in [0.1, 0.15) is 0 Å². The maximum Gasteiger partial charge on any atom is 0.158 e. The van der Waals surface area contributed by atoms with Crippen molar-refractivity contribution in [3.63, 3.8) is 0 Å². The van der Waals surface area contributed by atoms with Crippen LogP contribution in [0.3, 0.4) is 0 Å². The van der Waals surface area contributed by atoms with Crippen LogP contribution in [0.4, 0.5) is 11.4 Å². The zero-order chi connectivity index (χ0) is 15.3. The number of benzene rings is 2. The molecule has 5 heteroatoms. The third-order valence-electron chi connectivity index (χ3n) is 3.26. The highest BCUT2D eigenvalue weighted by molar-refractivity contribution is 7.89. The van der Waals surface area contributed by atoms with Crippen molar-refractivity contribution in [2.24, 2.45) is 0 Å². The number of hydrogen-bond donors (Lipinski definition) is 2. The molecule has 0 unspecified atom stereocenters. The first-order valence-electron chi connectivity index (χ1n) is 6.76. The third-order valence-corrected chi connectivity index (χ3v) is 4.80. The SMILES string of the molecule is CNc1ccc(CS(=O)(=O)Cc2ccc(NC)cc2)cc1. The average molecular weight is 304 g/mol. The lowest BCUT2D eigenvalue weighted by atomic mass is 10.2. The molecule has 0 aromatic heterocycles. The van der Waals surface area contributed by atoms with Crippen molar-refractivity contribution in [3.05, 3.63) is 59.7 Å². The van der Waals surface area contributed by atoms with Crippen LogP contribution >= 0.6 is 0 Å². The predicted octanol–water partition coefficient (Wildman–Crippen LogP) is 2.89. The van der Waals surface area contributed by atoms with Crippen LogP contribution in [0.15, 0.2) is 48.5 Å². The van der Waals surface area contributed by atoms with Crippen LogP contribution in [0.1, 0.15) is 11.1 Å². The highest BCUT2D eigenvalue weighted by atomic mass is 32.2. The van der Waals surface area contributed by atoms with E-state index in [1.165, 1.54) is 0 Å². The van der Waals surface area contributed by atoms with Gasteiger partial charge in [-0.15, -0.1) is 0 Å². The molecule has 0 spiro atoms. The normalized spacial score (nSPS) is 11.1. The second kappa shape index (κ2) is 6.63. The number of nitrogens with one attached hydrogen (secondary N) is 2. The summed E-state index contributed by atoms with van der Waals surface area (Å²) >= 11 is 0. The first-order chi connectivity index (χ1) is 10.0. The van der Waals surface area contributed by atoms with E-state index in [1.54, 1.807) is 0 Å². The fourth-order valence-electron chi connectivity index (χ4n) is 2.09. The average Bonchev–Trinajstić information content (AvgIpc) is 2.48. The molecule has 0 saturated carbocycles. The van der Waals surface area contributed by atoms with E-state index < -0.39 is 9.84 Å². The molecule has 4 nitrogen and oxygen atoms in total. The summed E-state index contributed by atoms with van der Waals surface area (Å²) in [5, 5.41) is 6.02. The maximum atomic E-state index is 12.2. The van der Waals surface area contributed by atoms with Gasteiger partial charge in [0.05, 0.1) is 11.5 Å². The molecular weight excluding hydrogens is 284 g/mol. The lowest BCUT2D eigenvalue weighted by Crippen LogP contribution is -2.07. The molecule has 0 saturated heterocycles. The Balaban J connectivity index is 2.06. The lowest BCUT2D eigenvalue weighted by Gasteiger charge is -2.07. The molecule has 0 aliphatic carbocycles. The first-order valence-corrected chi connectivity index (χ1v) is 8.58. The van der Waals surface area contributed by atoms with Crippen molar-refractivity contribution in [1.29, 1.82) is 0 Å². The molecule has 0 bridgehead atoms. The highest BCUT2D eigenvalue weighted by Gasteiger charge is 2.13. The lowest BCUT2D eigenvalue weighted by molar-refractivity contribution is 0.594. The van der Waals surface area contributed by atoms with E-state index in [1.807, 2.05) is 62.6 Å². The zero-order valence-corrected chi connectivity index (χ0v) is 13.1. The summed E-state index contributed by atoms with van der Waals surface area (Å²) in [7, 11) is 0.500. The third kappa shape index (κ3) is 4.49. The standard InChI is InChI=1S/C16H20N2O2S/c1-17-15-7-3-13(4-8-15)11-21(19,20)12-14-5-9-16(18-2)10-6-14/h3-10,17-18H,11-12H2,1-2H3. The minimum Gasteiger partial charge on any atom is -0.388 e. The summed E-state index contributed by atoms with van der Waals surface area (Å²) in [4.78, 5) is 0. The highest BCUT2D eigenvalue weighted by Crippen LogP contribution is 2.16. The Kier molecular flexibility index (Phi) is 4.85. The fourth-order valence-corrected chi connectivity index (χ4v) is 3.60. The molecule has 112 valence electrons. The summed E-state index contributed by atoms with van der Waals surface area (Å²) in [5.74, 6) is 0.121. The quantitative estimate of drug-likeness (QED) is 0.861. The van der Waals surface area contributed by atoms with Gasteiger partial charge < -0.3 is 10.6 Å². The van der Waals surface area contributed by atoms with E-state index in [4.69, 9.17) is 0 Å². The van der Waals surface area contributed by atoms with Gasteiger partial charge in [-0.05, 0) is 35.4 Å². The molecule has 0 fully saturated rings. The number of sulfone groups is 1. The van der Waals surface area contributed by atoms with E-state index in [0.29, 0.717) is 0 Å². The van der Waals surface area contributed by atoms with Gasteiger partial charge >= 0.3 is 0 Å². The molecule has 0 heterocycles. The van der Waals surface area contributed by atoms with Crippen molar-refractivity contribution in [2.75, 3.05) is 24.7 Å². The van der Waals surface area contributed by atoms with Crippen LogP contribution in [0, 0.1) is 0 Å². The van der Waals surface area contributed by atoms with Crippen LogP contribution in [-0.4, -0.2) is 22.5 Å². The Hall–Kier alpha value is -2.01. The van der Waals surface area contributed by atoms with Crippen LogP contribution < -0.4 is 10.6 Å². The van der Waals surface area contributed by atoms with E-state index in [0.717, 1.165) is 22.5 Å². The fraction of sp³-hybridized carbons (Fsp3) is 0.250. The van der Waals surface area contributed by atoms with Crippen molar-refractivity contribution in [1.82, 2.24) is 0 Å². The van der Waals surface area contributed by atoms with Crippen LogP contribution in [0.2, 0.25) is 0 Å². The molecule has 0 aliphatic heterocycles. The monoisotopic (exact) mass is 304 g/mol. The molecular formula is C16H20N2O2S. The summed E-state index contributed by atoms with van der Waals surface area (Å²) in [6.07, 6.45) is 0. The van der Waals surface area contributed by atoms with E-state index in [9.17, 15) is 8.42 Å². The minimum absolute atomic E-state index is 0.0603. The molecule has 2 aromatic carbocycles. The van der Waals surface area contributed by atoms with Crippen molar-refractivity contribution in [3.8, 4) is 0 Å².